The molecule has 0 saturated carbocycles. The van der Waals surface area contributed by atoms with Crippen molar-refractivity contribution in [2.75, 3.05) is 23.7 Å². The highest BCUT2D eigenvalue weighted by molar-refractivity contribution is 7.86. The van der Waals surface area contributed by atoms with E-state index in [-0.39, 0.29) is 28.4 Å². The van der Waals surface area contributed by atoms with Crippen molar-refractivity contribution >= 4 is 54.9 Å². The molecule has 254 valence electrons. The second-order valence-electron chi connectivity index (χ2n) is 12.4. The van der Waals surface area contributed by atoms with E-state index in [4.69, 9.17) is 16.2 Å². The Bertz CT molecular complexity index is 1860. The maximum absolute atomic E-state index is 11.8. The fraction of sp³-hybridized carbons (Fsp3) is 0.412. The molecule has 13 heteroatoms. The van der Waals surface area contributed by atoms with Crippen molar-refractivity contribution in [2.24, 2.45) is 0 Å². The van der Waals surface area contributed by atoms with Gasteiger partial charge in [-0.3, -0.25) is 9.11 Å². The van der Waals surface area contributed by atoms with Crippen molar-refractivity contribution < 1.29 is 40.4 Å². The zero-order chi connectivity index (χ0) is 34.6. The fourth-order valence-corrected chi connectivity index (χ4v) is 7.58. The van der Waals surface area contributed by atoms with Gasteiger partial charge < -0.3 is 14.8 Å². The van der Waals surface area contributed by atoms with E-state index in [1.807, 2.05) is 55.5 Å². The minimum atomic E-state index is -4.37. The summed E-state index contributed by atoms with van der Waals surface area (Å²) in [6.07, 6.45) is 12.5. The number of fused-ring (bicyclic) bond motifs is 2. The lowest BCUT2D eigenvalue weighted by Crippen LogP contribution is -2.28. The molecule has 0 aromatic heterocycles. The number of benzene rings is 2. The lowest BCUT2D eigenvalue weighted by molar-refractivity contribution is -0.438. The van der Waals surface area contributed by atoms with Gasteiger partial charge in [0.25, 0.3) is 20.2 Å². The number of carboxylic acids is 1. The third-order valence-corrected chi connectivity index (χ3v) is 10.6. The molecule has 2 aromatic carbocycles. The summed E-state index contributed by atoms with van der Waals surface area (Å²) in [7, 11) is -8.40. The number of rotatable bonds is 15. The van der Waals surface area contributed by atoms with Crippen LogP contribution in [0.3, 0.4) is 0 Å². The molecule has 2 aliphatic heterocycles. The summed E-state index contributed by atoms with van der Waals surface area (Å²) in [5, 5.41) is 11.4. The van der Waals surface area contributed by atoms with Crippen molar-refractivity contribution in [2.45, 2.75) is 75.5 Å². The van der Waals surface area contributed by atoms with Crippen molar-refractivity contribution in [3.8, 4) is 0 Å². The van der Waals surface area contributed by atoms with Crippen LogP contribution in [0.5, 0.6) is 0 Å². The Labute approximate surface area is 282 Å². The molecule has 0 saturated heterocycles. The summed E-state index contributed by atoms with van der Waals surface area (Å²) in [6.45, 7) is 7.34. The zero-order valence-corrected chi connectivity index (χ0v) is 29.1. The Hall–Kier alpha value is -3.29. The predicted molar refractivity (Wildman–Crippen MR) is 182 cm³/mol. The summed E-state index contributed by atoms with van der Waals surface area (Å²) in [6, 6.07) is 10.3. The molecule has 0 amide bonds. The smallest absolute Gasteiger partial charge is 0.294 e. The summed E-state index contributed by atoms with van der Waals surface area (Å²) < 4.78 is 67.0. The molecule has 2 heterocycles. The number of allylic oxidation sites excluding steroid dienone is 6. The van der Waals surface area contributed by atoms with E-state index in [0.29, 0.717) is 43.8 Å². The third-order valence-electron chi connectivity index (χ3n) is 8.70. The predicted octanol–water partition coefficient (Wildman–Crippen LogP) is 5.56. The standard InChI is InChI=1S/C34H41ClN2O8S2/c1-24-27-23-26(47(43,44)45)16-18-30(27)36(19-9-5-8-14-33(38)39)29(24)12-6-4-7-13-32-34(2,3)28-22-25(35)15-17-31(28)37(32)20-10-11-21-46(40,41)42/h4,6-7,12-13,15-18,22-24H,5,8-11,14,19-21H2,1-3H3,(H2-,38,39,40,41,42,43,44,45). The molecule has 0 aliphatic carbocycles. The summed E-state index contributed by atoms with van der Waals surface area (Å²) in [5.74, 6) is -1.53. The highest BCUT2D eigenvalue weighted by Crippen LogP contribution is 2.45. The van der Waals surface area contributed by atoms with Gasteiger partial charge >= 0.3 is 0 Å². The van der Waals surface area contributed by atoms with Crippen molar-refractivity contribution in [1.82, 2.24) is 0 Å². The Morgan fingerprint density at radius 1 is 1.00 bits per heavy atom. The van der Waals surface area contributed by atoms with Crippen LogP contribution in [-0.4, -0.2) is 61.0 Å². The molecular weight excluding hydrogens is 664 g/mol. The Balaban J connectivity index is 1.59. The van der Waals surface area contributed by atoms with Crippen LogP contribution in [0.25, 0.3) is 0 Å². The van der Waals surface area contributed by atoms with Crippen LogP contribution in [0.4, 0.5) is 11.4 Å². The van der Waals surface area contributed by atoms with Crippen LogP contribution in [0.2, 0.25) is 5.02 Å². The van der Waals surface area contributed by atoms with Gasteiger partial charge in [0.2, 0.25) is 5.69 Å². The number of anilines is 1. The first kappa shape index (κ1) is 36.5. The van der Waals surface area contributed by atoms with Crippen molar-refractivity contribution in [1.29, 1.82) is 0 Å². The van der Waals surface area contributed by atoms with Gasteiger partial charge in [-0.2, -0.15) is 21.4 Å². The van der Waals surface area contributed by atoms with Crippen LogP contribution < -0.4 is 10.0 Å². The second kappa shape index (κ2) is 14.9. The maximum atomic E-state index is 11.8. The summed E-state index contributed by atoms with van der Waals surface area (Å²) in [4.78, 5) is 12.7. The number of aliphatic carboxylic acids is 1. The van der Waals surface area contributed by atoms with Gasteiger partial charge in [-0.1, -0.05) is 43.2 Å². The number of carbonyl (C=O) groups excluding carboxylic acids is 1. The Kier molecular flexibility index (Phi) is 11.6. The summed E-state index contributed by atoms with van der Waals surface area (Å²) >= 11 is 6.35. The van der Waals surface area contributed by atoms with E-state index in [9.17, 15) is 31.3 Å². The van der Waals surface area contributed by atoms with Gasteiger partial charge in [0.1, 0.15) is 6.54 Å². The fourth-order valence-electron chi connectivity index (χ4n) is 6.33. The molecule has 2 N–H and O–H groups in total. The topological polar surface area (TPSA) is 155 Å². The van der Waals surface area contributed by atoms with E-state index < -0.39 is 26.2 Å². The van der Waals surface area contributed by atoms with E-state index in [1.165, 1.54) is 12.1 Å². The average Bonchev–Trinajstić information content (AvgIpc) is 3.35. The SMILES string of the molecule is CC1\C(=C/C=C/C=C/C2=[N+](CCCCS(=O)(=O)O)c3ccc(Cl)cc3C2(C)C)N(CCCCCC(=O)[O-])c2ccc(S(=O)(=O)O)cc21. The number of unbranched alkanes of at least 4 members (excludes halogenated alkanes) is 3. The van der Waals surface area contributed by atoms with E-state index in [1.54, 1.807) is 6.07 Å². The van der Waals surface area contributed by atoms with Gasteiger partial charge in [-0.05, 0) is 81.5 Å². The first-order valence-electron chi connectivity index (χ1n) is 15.5. The van der Waals surface area contributed by atoms with Gasteiger partial charge in [-0.25, -0.2) is 0 Å². The zero-order valence-electron chi connectivity index (χ0n) is 26.7. The van der Waals surface area contributed by atoms with Crippen LogP contribution in [-0.2, 0) is 30.4 Å². The van der Waals surface area contributed by atoms with Crippen LogP contribution >= 0.6 is 11.6 Å². The molecule has 2 aliphatic rings. The molecule has 0 fully saturated rings. The Morgan fingerprint density at radius 3 is 2.43 bits per heavy atom. The number of nitrogens with zero attached hydrogens (tertiary/aromatic N) is 2. The minimum Gasteiger partial charge on any atom is -0.550 e. The first-order chi connectivity index (χ1) is 22.0. The van der Waals surface area contributed by atoms with E-state index >= 15 is 0 Å². The van der Waals surface area contributed by atoms with Crippen LogP contribution in [0, 0.1) is 0 Å². The van der Waals surface area contributed by atoms with Crippen LogP contribution in [0.15, 0.2) is 77.4 Å². The summed E-state index contributed by atoms with van der Waals surface area (Å²) in [5.41, 5.74) is 5.23. The molecule has 10 nitrogen and oxygen atoms in total. The molecular formula is C34H41ClN2O8S2. The molecule has 47 heavy (non-hydrogen) atoms. The van der Waals surface area contributed by atoms with E-state index in [2.05, 4.69) is 23.3 Å². The molecule has 0 bridgehead atoms. The second-order valence-corrected chi connectivity index (χ2v) is 15.8. The van der Waals surface area contributed by atoms with Gasteiger partial charge in [0.15, 0.2) is 5.71 Å². The normalized spacial score (nSPS) is 18.6. The molecule has 1 atom stereocenters. The lowest BCUT2D eigenvalue weighted by Gasteiger charge is -2.22. The third kappa shape index (κ3) is 8.99. The largest absolute Gasteiger partial charge is 0.550 e. The molecule has 0 spiro atoms. The van der Waals surface area contributed by atoms with Gasteiger partial charge in [0.05, 0.1) is 16.1 Å². The van der Waals surface area contributed by atoms with E-state index in [0.717, 1.165) is 40.3 Å². The molecule has 1 unspecified atom stereocenters. The van der Waals surface area contributed by atoms with Crippen molar-refractivity contribution in [3.05, 3.63) is 88.6 Å². The quantitative estimate of drug-likeness (QED) is 0.105. The molecule has 2 aromatic rings. The van der Waals surface area contributed by atoms with Gasteiger partial charge in [-0.15, -0.1) is 0 Å². The number of carbonyl (C=O) groups is 1. The lowest BCUT2D eigenvalue weighted by atomic mass is 9.81. The first-order valence-corrected chi connectivity index (χ1v) is 19.0. The number of hydrogen-bond donors (Lipinski definition) is 2. The Morgan fingerprint density at radius 2 is 1.74 bits per heavy atom. The minimum absolute atomic E-state index is 0.00158. The molecule has 4 rings (SSSR count). The number of carboxylic acid groups (broad SMARTS) is 1. The number of hydrogen-bond acceptors (Lipinski definition) is 7. The highest BCUT2D eigenvalue weighted by Gasteiger charge is 2.44. The maximum Gasteiger partial charge on any atom is 0.294 e. The number of halogens is 1. The highest BCUT2D eigenvalue weighted by atomic mass is 35.5. The van der Waals surface area contributed by atoms with Gasteiger partial charge in [0, 0.05) is 59.0 Å². The van der Waals surface area contributed by atoms with Crippen LogP contribution in [0.1, 0.15) is 76.3 Å². The average molecular weight is 705 g/mol. The van der Waals surface area contributed by atoms with Crippen molar-refractivity contribution in [3.63, 3.8) is 0 Å². The molecule has 0 radical (unpaired) electrons. The monoisotopic (exact) mass is 704 g/mol.